The third-order valence-corrected chi connectivity index (χ3v) is 5.38. The second-order valence-electron chi connectivity index (χ2n) is 6.12. The molecule has 24 heavy (non-hydrogen) atoms. The number of hydrogen-bond donors (Lipinski definition) is 0. The molecule has 0 saturated carbocycles. The summed E-state index contributed by atoms with van der Waals surface area (Å²) in [6.45, 7) is 5.10. The minimum absolute atomic E-state index is 0.00942. The normalized spacial score (nSPS) is 15.2. The van der Waals surface area contributed by atoms with Crippen molar-refractivity contribution in [2.75, 3.05) is 31.1 Å². The monoisotopic (exact) mass is 341 g/mol. The Hall–Kier alpha value is -2.41. The second-order valence-corrected chi connectivity index (χ2v) is 7.13. The van der Waals surface area contributed by atoms with Gasteiger partial charge in [-0.3, -0.25) is 9.48 Å². The molecule has 1 fully saturated rings. The molecule has 1 aromatic carbocycles. The van der Waals surface area contributed by atoms with E-state index in [2.05, 4.69) is 35.1 Å². The number of carbonyl (C=O) groups excluding carboxylic acids is 1. The number of carbonyl (C=O) groups is 1. The standard InChI is InChI=1S/C17H19N5OS/c1-12-3-4-13-15(11-12)24-17(18-13)22-9-7-21(8-10-22)16(23)14-5-6-20(2)19-14/h3-6,11H,7-10H2,1-2H3. The first-order valence-electron chi connectivity index (χ1n) is 8.01. The Morgan fingerprint density at radius 2 is 1.96 bits per heavy atom. The van der Waals surface area contributed by atoms with Crippen molar-refractivity contribution in [3.63, 3.8) is 0 Å². The molecule has 0 bridgehead atoms. The van der Waals surface area contributed by atoms with Crippen LogP contribution in [0.15, 0.2) is 30.5 Å². The van der Waals surface area contributed by atoms with E-state index in [1.165, 1.54) is 10.3 Å². The van der Waals surface area contributed by atoms with Gasteiger partial charge in [0.2, 0.25) is 0 Å². The first-order valence-corrected chi connectivity index (χ1v) is 8.83. The molecular formula is C17H19N5OS. The summed E-state index contributed by atoms with van der Waals surface area (Å²) >= 11 is 1.72. The average molecular weight is 341 g/mol. The van der Waals surface area contributed by atoms with Crippen molar-refractivity contribution in [3.8, 4) is 0 Å². The van der Waals surface area contributed by atoms with Crippen molar-refractivity contribution in [1.29, 1.82) is 0 Å². The Morgan fingerprint density at radius 1 is 1.17 bits per heavy atom. The van der Waals surface area contributed by atoms with E-state index in [0.717, 1.165) is 23.7 Å². The number of rotatable bonds is 2. The lowest BCUT2D eigenvalue weighted by Crippen LogP contribution is -2.48. The molecule has 0 spiro atoms. The molecule has 0 aliphatic carbocycles. The molecule has 4 rings (SSSR count). The Bertz CT molecular complexity index is 891. The van der Waals surface area contributed by atoms with Gasteiger partial charge in [-0.25, -0.2) is 4.98 Å². The predicted octanol–water partition coefficient (Wildman–Crippen LogP) is 2.30. The van der Waals surface area contributed by atoms with E-state index in [1.54, 1.807) is 28.3 Å². The summed E-state index contributed by atoms with van der Waals surface area (Å²) in [5.41, 5.74) is 2.82. The molecule has 6 nitrogen and oxygen atoms in total. The molecule has 1 aliphatic rings. The number of fused-ring (bicyclic) bond motifs is 1. The fourth-order valence-corrected chi connectivity index (χ4v) is 4.06. The van der Waals surface area contributed by atoms with Crippen LogP contribution >= 0.6 is 11.3 Å². The maximum Gasteiger partial charge on any atom is 0.274 e. The summed E-state index contributed by atoms with van der Waals surface area (Å²) in [6, 6.07) is 8.11. The van der Waals surface area contributed by atoms with Crippen LogP contribution in [0.4, 0.5) is 5.13 Å². The van der Waals surface area contributed by atoms with Crippen LogP contribution < -0.4 is 4.90 Å². The van der Waals surface area contributed by atoms with Gasteiger partial charge < -0.3 is 9.80 Å². The van der Waals surface area contributed by atoms with Gasteiger partial charge in [0.05, 0.1) is 10.2 Å². The van der Waals surface area contributed by atoms with Crippen LogP contribution in [-0.4, -0.2) is 51.8 Å². The zero-order valence-corrected chi connectivity index (χ0v) is 14.6. The topological polar surface area (TPSA) is 54.3 Å². The van der Waals surface area contributed by atoms with E-state index in [4.69, 9.17) is 4.98 Å². The van der Waals surface area contributed by atoms with Gasteiger partial charge in [0.1, 0.15) is 5.69 Å². The van der Waals surface area contributed by atoms with Gasteiger partial charge in [-0.1, -0.05) is 17.4 Å². The van der Waals surface area contributed by atoms with Crippen LogP contribution in [0.5, 0.6) is 0 Å². The summed E-state index contributed by atoms with van der Waals surface area (Å²) in [6.07, 6.45) is 1.80. The lowest BCUT2D eigenvalue weighted by molar-refractivity contribution is 0.0740. The summed E-state index contributed by atoms with van der Waals surface area (Å²) in [5.74, 6) is 0.00942. The molecule has 124 valence electrons. The van der Waals surface area contributed by atoms with Crippen LogP contribution in [0, 0.1) is 6.92 Å². The molecule has 7 heteroatoms. The lowest BCUT2D eigenvalue weighted by Gasteiger charge is -2.34. The van der Waals surface area contributed by atoms with Gasteiger partial charge in [0.25, 0.3) is 5.91 Å². The summed E-state index contributed by atoms with van der Waals surface area (Å²) in [5, 5.41) is 5.24. The highest BCUT2D eigenvalue weighted by molar-refractivity contribution is 7.22. The minimum Gasteiger partial charge on any atom is -0.345 e. The highest BCUT2D eigenvalue weighted by atomic mass is 32.1. The predicted molar refractivity (Wildman–Crippen MR) is 95.7 cm³/mol. The van der Waals surface area contributed by atoms with E-state index in [1.807, 2.05) is 11.9 Å². The van der Waals surface area contributed by atoms with Crippen LogP contribution in [0.3, 0.4) is 0 Å². The van der Waals surface area contributed by atoms with Crippen molar-refractivity contribution >= 4 is 32.6 Å². The number of nitrogens with zero attached hydrogens (tertiary/aromatic N) is 5. The number of thiazole rings is 1. The maximum absolute atomic E-state index is 12.5. The van der Waals surface area contributed by atoms with E-state index in [0.29, 0.717) is 18.8 Å². The Morgan fingerprint density at radius 3 is 2.67 bits per heavy atom. The van der Waals surface area contributed by atoms with Crippen molar-refractivity contribution in [1.82, 2.24) is 19.7 Å². The van der Waals surface area contributed by atoms with Crippen LogP contribution in [0.1, 0.15) is 16.1 Å². The molecule has 3 heterocycles. The third kappa shape index (κ3) is 2.75. The molecule has 1 aliphatic heterocycles. The number of hydrogen-bond acceptors (Lipinski definition) is 5. The fraction of sp³-hybridized carbons (Fsp3) is 0.353. The molecule has 0 N–H and O–H groups in total. The molecule has 3 aromatic rings. The van der Waals surface area contributed by atoms with Crippen molar-refractivity contribution in [3.05, 3.63) is 41.7 Å². The van der Waals surface area contributed by atoms with Gasteiger partial charge in [-0.2, -0.15) is 5.10 Å². The fourth-order valence-electron chi connectivity index (χ4n) is 2.95. The molecule has 0 atom stereocenters. The van der Waals surface area contributed by atoms with E-state index >= 15 is 0 Å². The number of aromatic nitrogens is 3. The SMILES string of the molecule is Cc1ccc2nc(N3CCN(C(=O)c4ccn(C)n4)CC3)sc2c1. The Kier molecular flexibility index (Phi) is 3.72. The number of piperazine rings is 1. The van der Waals surface area contributed by atoms with Gasteiger partial charge in [-0.15, -0.1) is 0 Å². The van der Waals surface area contributed by atoms with Gasteiger partial charge in [-0.05, 0) is 30.7 Å². The average Bonchev–Trinajstić information content (AvgIpc) is 3.20. The smallest absolute Gasteiger partial charge is 0.274 e. The van der Waals surface area contributed by atoms with Gasteiger partial charge >= 0.3 is 0 Å². The lowest BCUT2D eigenvalue weighted by atomic mass is 10.2. The molecule has 0 radical (unpaired) electrons. The molecule has 0 unspecified atom stereocenters. The highest BCUT2D eigenvalue weighted by Crippen LogP contribution is 2.30. The van der Waals surface area contributed by atoms with Gasteiger partial charge in [0, 0.05) is 39.4 Å². The largest absolute Gasteiger partial charge is 0.345 e. The first kappa shape index (κ1) is 15.1. The summed E-state index contributed by atoms with van der Waals surface area (Å²) < 4.78 is 2.88. The Labute approximate surface area is 144 Å². The Balaban J connectivity index is 1.46. The molecule has 1 saturated heterocycles. The summed E-state index contributed by atoms with van der Waals surface area (Å²) in [4.78, 5) is 21.3. The molecule has 2 aromatic heterocycles. The number of benzene rings is 1. The zero-order chi connectivity index (χ0) is 16.7. The van der Waals surface area contributed by atoms with Crippen molar-refractivity contribution in [2.45, 2.75) is 6.92 Å². The van der Waals surface area contributed by atoms with Gasteiger partial charge in [0.15, 0.2) is 5.13 Å². The number of aryl methyl sites for hydroxylation is 2. The minimum atomic E-state index is 0.00942. The summed E-state index contributed by atoms with van der Waals surface area (Å²) in [7, 11) is 1.82. The second kappa shape index (κ2) is 5.90. The van der Waals surface area contributed by atoms with E-state index in [9.17, 15) is 4.79 Å². The molecule has 1 amide bonds. The van der Waals surface area contributed by atoms with Crippen molar-refractivity contribution < 1.29 is 4.79 Å². The first-order chi connectivity index (χ1) is 11.6. The van der Waals surface area contributed by atoms with E-state index < -0.39 is 0 Å². The van der Waals surface area contributed by atoms with Crippen LogP contribution in [0.25, 0.3) is 10.2 Å². The quantitative estimate of drug-likeness (QED) is 0.718. The van der Waals surface area contributed by atoms with E-state index in [-0.39, 0.29) is 5.91 Å². The number of amides is 1. The maximum atomic E-state index is 12.5. The molecular weight excluding hydrogens is 322 g/mol. The highest BCUT2D eigenvalue weighted by Gasteiger charge is 2.25. The third-order valence-electron chi connectivity index (χ3n) is 4.30. The van der Waals surface area contributed by atoms with Crippen molar-refractivity contribution in [2.24, 2.45) is 7.05 Å². The number of anilines is 1. The van der Waals surface area contributed by atoms with Crippen LogP contribution in [0.2, 0.25) is 0 Å². The van der Waals surface area contributed by atoms with Crippen LogP contribution in [-0.2, 0) is 7.05 Å². The zero-order valence-electron chi connectivity index (χ0n) is 13.8.